The lowest BCUT2D eigenvalue weighted by Crippen LogP contribution is -2.50. The van der Waals surface area contributed by atoms with Gasteiger partial charge in [-0.15, -0.1) is 0 Å². The zero-order valence-corrected chi connectivity index (χ0v) is 8.85. The van der Waals surface area contributed by atoms with Crippen LogP contribution in [0.4, 0.5) is 0 Å². The fraction of sp³-hybridized carbons (Fsp3) is 1.00. The highest BCUT2D eigenvalue weighted by Crippen LogP contribution is 2.23. The second kappa shape index (κ2) is 3.75. The number of rotatable bonds is 3. The Kier molecular flexibility index (Phi) is 3.13. The van der Waals surface area contributed by atoms with Crippen molar-refractivity contribution in [3.8, 4) is 0 Å². The molecule has 1 heterocycles. The Labute approximate surface area is 76.3 Å². The molecule has 0 radical (unpaired) electrons. The van der Waals surface area contributed by atoms with Crippen molar-refractivity contribution >= 4 is 0 Å². The first-order chi connectivity index (χ1) is 5.61. The average Bonchev–Trinajstić information content (AvgIpc) is 2.34. The first-order valence-electron chi connectivity index (χ1n) is 5.11. The minimum absolute atomic E-state index is 0.312. The number of hydrogen-bond donors (Lipinski definition) is 1. The lowest BCUT2D eigenvalue weighted by Gasteiger charge is -2.36. The third-order valence-electron chi connectivity index (χ3n) is 3.08. The molecule has 0 aromatic carbocycles. The molecule has 0 aromatic rings. The number of likely N-dealkylation sites (N-methyl/N-ethyl adjacent to an activating group) is 1. The molecule has 1 atom stereocenters. The van der Waals surface area contributed by atoms with E-state index in [1.165, 1.54) is 26.1 Å². The Morgan fingerprint density at radius 2 is 1.92 bits per heavy atom. The van der Waals surface area contributed by atoms with Crippen LogP contribution in [-0.4, -0.2) is 36.1 Å². The number of hydrogen-bond acceptors (Lipinski definition) is 2. The maximum atomic E-state index is 3.55. The van der Waals surface area contributed by atoms with Gasteiger partial charge in [0.1, 0.15) is 0 Å². The highest BCUT2D eigenvalue weighted by Gasteiger charge is 2.36. The molecular formula is C10H22N2. The second-order valence-corrected chi connectivity index (χ2v) is 4.17. The summed E-state index contributed by atoms with van der Waals surface area (Å²) in [6.45, 7) is 12.6. The van der Waals surface area contributed by atoms with Gasteiger partial charge < -0.3 is 5.32 Å². The van der Waals surface area contributed by atoms with E-state index >= 15 is 0 Å². The van der Waals surface area contributed by atoms with Gasteiger partial charge >= 0.3 is 0 Å². The monoisotopic (exact) mass is 170 g/mol. The largest absolute Gasteiger partial charge is 0.310 e. The molecule has 12 heavy (non-hydrogen) atoms. The average molecular weight is 170 g/mol. The minimum Gasteiger partial charge on any atom is -0.310 e. The zero-order valence-electron chi connectivity index (χ0n) is 8.85. The van der Waals surface area contributed by atoms with Crippen LogP contribution in [0.25, 0.3) is 0 Å². The topological polar surface area (TPSA) is 15.3 Å². The van der Waals surface area contributed by atoms with E-state index in [9.17, 15) is 0 Å². The van der Waals surface area contributed by atoms with Gasteiger partial charge in [-0.1, -0.05) is 13.8 Å². The smallest absolute Gasteiger partial charge is 0.0284 e. The highest BCUT2D eigenvalue weighted by atomic mass is 15.2. The fourth-order valence-electron chi connectivity index (χ4n) is 2.31. The first kappa shape index (κ1) is 10.0. The van der Waals surface area contributed by atoms with Gasteiger partial charge in [0.25, 0.3) is 0 Å². The van der Waals surface area contributed by atoms with Crippen molar-refractivity contribution in [3.63, 3.8) is 0 Å². The maximum Gasteiger partial charge on any atom is 0.0284 e. The summed E-state index contributed by atoms with van der Waals surface area (Å²) in [6, 6.07) is 0.729. The van der Waals surface area contributed by atoms with Crippen molar-refractivity contribution < 1.29 is 0 Å². The summed E-state index contributed by atoms with van der Waals surface area (Å²) in [5, 5.41) is 3.55. The molecule has 1 N–H and O–H groups in total. The van der Waals surface area contributed by atoms with Crippen LogP contribution < -0.4 is 5.32 Å². The summed E-state index contributed by atoms with van der Waals surface area (Å²) < 4.78 is 0. The third-order valence-corrected chi connectivity index (χ3v) is 3.08. The van der Waals surface area contributed by atoms with Gasteiger partial charge in [0, 0.05) is 11.6 Å². The summed E-state index contributed by atoms with van der Waals surface area (Å²) in [5.74, 6) is 0. The summed E-state index contributed by atoms with van der Waals surface area (Å²) in [7, 11) is 0. The Morgan fingerprint density at radius 1 is 1.33 bits per heavy atom. The Morgan fingerprint density at radius 3 is 2.25 bits per heavy atom. The van der Waals surface area contributed by atoms with Crippen molar-refractivity contribution in [1.29, 1.82) is 0 Å². The molecule has 0 saturated carbocycles. The molecule has 2 heteroatoms. The van der Waals surface area contributed by atoms with Gasteiger partial charge in [0.05, 0.1) is 0 Å². The predicted molar refractivity (Wildman–Crippen MR) is 53.4 cm³/mol. The Balaban J connectivity index is 2.60. The van der Waals surface area contributed by atoms with Crippen LogP contribution in [0.5, 0.6) is 0 Å². The fourth-order valence-corrected chi connectivity index (χ4v) is 2.31. The summed E-state index contributed by atoms with van der Waals surface area (Å²) in [6.07, 6.45) is 1.30. The second-order valence-electron chi connectivity index (χ2n) is 4.17. The molecule has 0 spiro atoms. The molecule has 0 aromatic heterocycles. The van der Waals surface area contributed by atoms with E-state index in [0.717, 1.165) is 6.04 Å². The molecule has 1 fully saturated rings. The van der Waals surface area contributed by atoms with E-state index in [1.807, 2.05) is 0 Å². The van der Waals surface area contributed by atoms with Gasteiger partial charge in [0.2, 0.25) is 0 Å². The van der Waals surface area contributed by atoms with Gasteiger partial charge in [-0.05, 0) is 39.9 Å². The zero-order chi connectivity index (χ0) is 9.19. The molecule has 1 aliphatic rings. The van der Waals surface area contributed by atoms with E-state index in [-0.39, 0.29) is 0 Å². The van der Waals surface area contributed by atoms with Crippen LogP contribution in [0.2, 0.25) is 0 Å². The lowest BCUT2D eigenvalue weighted by atomic mass is 9.95. The van der Waals surface area contributed by atoms with E-state index in [4.69, 9.17) is 0 Å². The SMILES string of the molecule is CCN(CC)[C@H]1CCNC1(C)C. The van der Waals surface area contributed by atoms with Crippen LogP contribution >= 0.6 is 0 Å². The normalized spacial score (nSPS) is 28.2. The van der Waals surface area contributed by atoms with Crippen LogP contribution in [-0.2, 0) is 0 Å². The van der Waals surface area contributed by atoms with E-state index in [1.54, 1.807) is 0 Å². The van der Waals surface area contributed by atoms with Crippen molar-refractivity contribution in [3.05, 3.63) is 0 Å². The maximum absolute atomic E-state index is 3.55. The van der Waals surface area contributed by atoms with Crippen molar-refractivity contribution in [2.45, 2.75) is 45.7 Å². The van der Waals surface area contributed by atoms with Crippen LogP contribution in [0.15, 0.2) is 0 Å². The summed E-state index contributed by atoms with van der Waals surface area (Å²) in [5.41, 5.74) is 0.312. The predicted octanol–water partition coefficient (Wildman–Crippen LogP) is 1.47. The third kappa shape index (κ3) is 1.80. The Bertz CT molecular complexity index is 139. The summed E-state index contributed by atoms with van der Waals surface area (Å²) in [4.78, 5) is 2.56. The molecule has 72 valence electrons. The van der Waals surface area contributed by atoms with Gasteiger partial charge in [-0.25, -0.2) is 0 Å². The Hall–Kier alpha value is -0.0800. The molecule has 0 aliphatic carbocycles. The molecule has 2 nitrogen and oxygen atoms in total. The molecule has 0 amide bonds. The standard InChI is InChI=1S/C10H22N2/c1-5-12(6-2)9-7-8-11-10(9,3)4/h9,11H,5-8H2,1-4H3/t9-/m0/s1. The van der Waals surface area contributed by atoms with Crippen LogP contribution in [0.3, 0.4) is 0 Å². The molecule has 0 unspecified atom stereocenters. The van der Waals surface area contributed by atoms with Crippen molar-refractivity contribution in [1.82, 2.24) is 10.2 Å². The van der Waals surface area contributed by atoms with Crippen LogP contribution in [0.1, 0.15) is 34.1 Å². The van der Waals surface area contributed by atoms with Gasteiger partial charge in [0.15, 0.2) is 0 Å². The molecule has 1 aliphatic heterocycles. The van der Waals surface area contributed by atoms with E-state index in [0.29, 0.717) is 5.54 Å². The van der Waals surface area contributed by atoms with E-state index in [2.05, 4.69) is 37.9 Å². The molecule has 1 saturated heterocycles. The van der Waals surface area contributed by atoms with Gasteiger partial charge in [-0.3, -0.25) is 4.90 Å². The van der Waals surface area contributed by atoms with Crippen LogP contribution in [0, 0.1) is 0 Å². The molecule has 0 bridgehead atoms. The van der Waals surface area contributed by atoms with Crippen molar-refractivity contribution in [2.75, 3.05) is 19.6 Å². The molecular weight excluding hydrogens is 148 g/mol. The number of nitrogens with one attached hydrogen (secondary N) is 1. The quantitative estimate of drug-likeness (QED) is 0.690. The van der Waals surface area contributed by atoms with E-state index < -0.39 is 0 Å². The van der Waals surface area contributed by atoms with Crippen molar-refractivity contribution in [2.24, 2.45) is 0 Å². The highest BCUT2D eigenvalue weighted by molar-refractivity contribution is 4.98. The minimum atomic E-state index is 0.312. The van der Waals surface area contributed by atoms with Gasteiger partial charge in [-0.2, -0.15) is 0 Å². The lowest BCUT2D eigenvalue weighted by molar-refractivity contribution is 0.162. The molecule has 1 rings (SSSR count). The number of nitrogens with zero attached hydrogens (tertiary/aromatic N) is 1. The first-order valence-corrected chi connectivity index (χ1v) is 5.11. The summed E-state index contributed by atoms with van der Waals surface area (Å²) >= 11 is 0.